The van der Waals surface area contributed by atoms with E-state index in [1.165, 1.54) is 18.2 Å². The molecule has 8 heteroatoms. The Kier molecular flexibility index (Phi) is 3.81. The molecule has 0 bridgehead atoms. The molecular weight excluding hydrogens is 322 g/mol. The van der Waals surface area contributed by atoms with Gasteiger partial charge in [0.15, 0.2) is 0 Å². The number of H-pyrrole nitrogens is 1. The number of nitrogens with one attached hydrogen (secondary N) is 1. The van der Waals surface area contributed by atoms with Crippen LogP contribution in [0.3, 0.4) is 0 Å². The van der Waals surface area contributed by atoms with E-state index in [0.29, 0.717) is 5.82 Å². The van der Waals surface area contributed by atoms with Gasteiger partial charge in [0.25, 0.3) is 0 Å². The minimum Gasteiger partial charge on any atom is -0.463 e. The molecule has 0 amide bonds. The summed E-state index contributed by atoms with van der Waals surface area (Å²) in [5, 5.41) is 14.3. The van der Waals surface area contributed by atoms with Gasteiger partial charge < -0.3 is 9.15 Å². The summed E-state index contributed by atoms with van der Waals surface area (Å²) in [7, 11) is 1.34. The van der Waals surface area contributed by atoms with Gasteiger partial charge in [-0.25, -0.2) is 4.79 Å². The van der Waals surface area contributed by atoms with Crippen LogP contribution >= 0.6 is 0 Å². The third kappa shape index (κ3) is 2.70. The second-order valence-electron chi connectivity index (χ2n) is 5.95. The van der Waals surface area contributed by atoms with E-state index in [-0.39, 0.29) is 11.8 Å². The second kappa shape index (κ2) is 6.14. The van der Waals surface area contributed by atoms with Gasteiger partial charge in [-0.15, -0.1) is 10.2 Å². The number of methoxy groups -OCH3 is 1. The lowest BCUT2D eigenvalue weighted by Crippen LogP contribution is -2.20. The number of fused-ring (bicyclic) bond motifs is 1. The van der Waals surface area contributed by atoms with Crippen molar-refractivity contribution in [1.82, 2.24) is 25.5 Å². The summed E-state index contributed by atoms with van der Waals surface area (Å²) >= 11 is 0. The molecule has 8 nitrogen and oxygen atoms in total. The Morgan fingerprint density at radius 2 is 2.20 bits per heavy atom. The first kappa shape index (κ1) is 15.5. The molecule has 1 atom stereocenters. The largest absolute Gasteiger partial charge is 0.463 e. The summed E-state index contributed by atoms with van der Waals surface area (Å²) in [6, 6.07) is 9.59. The number of benzene rings is 1. The van der Waals surface area contributed by atoms with Crippen molar-refractivity contribution in [1.29, 1.82) is 0 Å². The molecule has 3 aromatic rings. The summed E-state index contributed by atoms with van der Waals surface area (Å²) in [5.41, 5.74) is 3.40. The number of ether oxygens (including phenoxy) is 1. The predicted octanol–water partition coefficient (Wildman–Crippen LogP) is 2.32. The minimum absolute atomic E-state index is 0.0175. The van der Waals surface area contributed by atoms with Crippen LogP contribution < -0.4 is 0 Å². The topological polar surface area (TPSA) is 97.1 Å². The molecule has 0 radical (unpaired) electrons. The Morgan fingerprint density at radius 1 is 1.32 bits per heavy atom. The van der Waals surface area contributed by atoms with E-state index in [1.807, 2.05) is 18.2 Å². The monoisotopic (exact) mass is 339 g/mol. The van der Waals surface area contributed by atoms with Crippen molar-refractivity contribution >= 4 is 5.97 Å². The van der Waals surface area contributed by atoms with Crippen LogP contribution in [0.25, 0.3) is 11.4 Å². The maximum Gasteiger partial charge on any atom is 0.373 e. The van der Waals surface area contributed by atoms with Crippen LogP contribution in [-0.2, 0) is 17.8 Å². The number of hydrogen-bond acceptors (Lipinski definition) is 7. The third-order valence-electron chi connectivity index (χ3n) is 4.57. The lowest BCUT2D eigenvalue weighted by molar-refractivity contribution is 0.0558. The maximum absolute atomic E-state index is 11.6. The lowest BCUT2D eigenvalue weighted by atomic mass is 10.0. The fraction of sp³-hybridized carbons (Fsp3) is 0.294. The van der Waals surface area contributed by atoms with E-state index in [1.54, 1.807) is 6.07 Å². The van der Waals surface area contributed by atoms with Crippen LogP contribution in [0.15, 0.2) is 34.7 Å². The van der Waals surface area contributed by atoms with Crippen LogP contribution in [0.1, 0.15) is 40.4 Å². The first-order valence-electron chi connectivity index (χ1n) is 7.94. The molecule has 0 spiro atoms. The van der Waals surface area contributed by atoms with Crippen LogP contribution in [0.4, 0.5) is 0 Å². The van der Waals surface area contributed by atoms with E-state index >= 15 is 0 Å². The summed E-state index contributed by atoms with van der Waals surface area (Å²) in [6.07, 6.45) is 0. The van der Waals surface area contributed by atoms with E-state index < -0.39 is 5.97 Å². The summed E-state index contributed by atoms with van der Waals surface area (Å²) < 4.78 is 10.3. The fourth-order valence-corrected chi connectivity index (χ4v) is 3.17. The van der Waals surface area contributed by atoms with E-state index in [4.69, 9.17) is 9.15 Å². The standard InChI is InChI=1S/C17H17N5O3/c1-10(14-6-7-15(25-14)17(23)24-2)22-8-11-4-3-5-12(13(11)9-22)16-18-20-21-19-16/h3-7,10H,8-9H2,1-2H3,(H,18,19,20,21). The number of hydrogen-bond donors (Lipinski definition) is 1. The third-order valence-corrected chi connectivity index (χ3v) is 4.57. The number of furan rings is 1. The summed E-state index contributed by atoms with van der Waals surface area (Å²) in [4.78, 5) is 13.8. The molecule has 0 saturated heterocycles. The van der Waals surface area contributed by atoms with Gasteiger partial charge in [-0.3, -0.25) is 4.90 Å². The molecule has 1 N–H and O–H groups in total. The van der Waals surface area contributed by atoms with Gasteiger partial charge in [0, 0.05) is 18.7 Å². The van der Waals surface area contributed by atoms with Gasteiger partial charge in [-0.1, -0.05) is 18.2 Å². The molecule has 1 aliphatic rings. The predicted molar refractivity (Wildman–Crippen MR) is 87.3 cm³/mol. The minimum atomic E-state index is -0.470. The summed E-state index contributed by atoms with van der Waals surface area (Å²) in [5.74, 6) is 1.07. The van der Waals surface area contributed by atoms with E-state index in [9.17, 15) is 4.79 Å². The Balaban J connectivity index is 1.58. The second-order valence-corrected chi connectivity index (χ2v) is 5.95. The van der Waals surface area contributed by atoms with Crippen molar-refractivity contribution in [3.8, 4) is 11.4 Å². The number of carbonyl (C=O) groups is 1. The van der Waals surface area contributed by atoms with Crippen LogP contribution in [0, 0.1) is 0 Å². The van der Waals surface area contributed by atoms with Gasteiger partial charge in [-0.05, 0) is 35.4 Å². The average molecular weight is 339 g/mol. The highest BCUT2D eigenvalue weighted by Gasteiger charge is 2.29. The molecule has 2 aromatic heterocycles. The number of carbonyl (C=O) groups excluding carboxylic acids is 1. The smallest absolute Gasteiger partial charge is 0.373 e. The number of nitrogens with zero attached hydrogens (tertiary/aromatic N) is 4. The highest BCUT2D eigenvalue weighted by Crippen LogP contribution is 2.35. The van der Waals surface area contributed by atoms with Crippen molar-refractivity contribution in [2.45, 2.75) is 26.1 Å². The highest BCUT2D eigenvalue weighted by atomic mass is 16.5. The van der Waals surface area contributed by atoms with Crippen LogP contribution in [0.2, 0.25) is 0 Å². The quantitative estimate of drug-likeness (QED) is 0.729. The first-order valence-corrected chi connectivity index (χ1v) is 7.94. The SMILES string of the molecule is COC(=O)c1ccc(C(C)N2Cc3cccc(-c4nn[nH]n4)c3C2)o1. The Morgan fingerprint density at radius 3 is 2.96 bits per heavy atom. The van der Waals surface area contributed by atoms with Crippen molar-refractivity contribution in [2.24, 2.45) is 0 Å². The van der Waals surface area contributed by atoms with E-state index in [0.717, 1.165) is 24.4 Å². The van der Waals surface area contributed by atoms with Crippen LogP contribution in [0.5, 0.6) is 0 Å². The molecule has 3 heterocycles. The number of esters is 1. The number of aromatic nitrogens is 4. The lowest BCUT2D eigenvalue weighted by Gasteiger charge is -2.21. The average Bonchev–Trinajstić information content (AvgIpc) is 3.39. The molecule has 1 aliphatic heterocycles. The van der Waals surface area contributed by atoms with Crippen molar-refractivity contribution in [3.05, 3.63) is 53.0 Å². The molecule has 0 aliphatic carbocycles. The molecule has 0 fully saturated rings. The molecule has 0 saturated carbocycles. The number of rotatable bonds is 4. The molecular formula is C17H17N5O3. The van der Waals surface area contributed by atoms with Gasteiger partial charge in [0.05, 0.1) is 13.2 Å². The van der Waals surface area contributed by atoms with Gasteiger partial charge in [0.1, 0.15) is 5.76 Å². The molecule has 1 unspecified atom stereocenters. The zero-order valence-corrected chi connectivity index (χ0v) is 13.9. The molecule has 25 heavy (non-hydrogen) atoms. The first-order chi connectivity index (χ1) is 12.2. The number of tetrazole rings is 1. The van der Waals surface area contributed by atoms with Crippen molar-refractivity contribution in [2.75, 3.05) is 7.11 Å². The zero-order valence-electron chi connectivity index (χ0n) is 13.9. The summed E-state index contributed by atoms with van der Waals surface area (Å²) in [6.45, 7) is 3.59. The fourth-order valence-electron chi connectivity index (χ4n) is 3.17. The van der Waals surface area contributed by atoms with Gasteiger partial charge in [0.2, 0.25) is 11.6 Å². The van der Waals surface area contributed by atoms with E-state index in [2.05, 4.69) is 38.5 Å². The van der Waals surface area contributed by atoms with Crippen molar-refractivity contribution < 1.29 is 13.9 Å². The highest BCUT2D eigenvalue weighted by molar-refractivity contribution is 5.86. The Bertz CT molecular complexity index is 903. The van der Waals surface area contributed by atoms with Crippen LogP contribution in [-0.4, -0.2) is 38.6 Å². The van der Waals surface area contributed by atoms with Gasteiger partial charge in [-0.2, -0.15) is 5.21 Å². The Labute approximate surface area is 143 Å². The Hall–Kier alpha value is -3.00. The normalized spacial score (nSPS) is 15.1. The molecule has 1 aromatic carbocycles. The zero-order chi connectivity index (χ0) is 17.4. The van der Waals surface area contributed by atoms with Gasteiger partial charge >= 0.3 is 5.97 Å². The number of aromatic amines is 1. The molecule has 4 rings (SSSR count). The van der Waals surface area contributed by atoms with Crippen molar-refractivity contribution in [3.63, 3.8) is 0 Å². The maximum atomic E-state index is 11.6. The molecule has 128 valence electrons.